The maximum atomic E-state index is 11.7. The summed E-state index contributed by atoms with van der Waals surface area (Å²) >= 11 is 5.79. The second-order valence-corrected chi connectivity index (χ2v) is 4.17. The van der Waals surface area contributed by atoms with E-state index in [0.29, 0.717) is 17.1 Å². The minimum atomic E-state index is -0.845. The number of benzene rings is 1. The molecule has 1 aromatic carbocycles. The highest BCUT2D eigenvalue weighted by atomic mass is 35.5. The fraction of sp³-hybridized carbons (Fsp3) is 0.364. The van der Waals surface area contributed by atoms with Gasteiger partial charge in [-0.15, -0.1) is 0 Å². The number of amides is 1. The zero-order valence-corrected chi connectivity index (χ0v) is 9.64. The van der Waals surface area contributed by atoms with Gasteiger partial charge in [0.1, 0.15) is 0 Å². The van der Waals surface area contributed by atoms with Crippen LogP contribution in [0, 0.1) is 0 Å². The van der Waals surface area contributed by atoms with Crippen LogP contribution in [0.25, 0.3) is 0 Å². The van der Waals surface area contributed by atoms with Crippen LogP contribution >= 0.6 is 11.6 Å². The number of rotatable bonds is 3. The molecule has 0 bridgehead atoms. The number of hydrogen-bond acceptors (Lipinski definition) is 2. The van der Waals surface area contributed by atoms with Crippen molar-refractivity contribution in [2.24, 2.45) is 5.73 Å². The minimum absolute atomic E-state index is 0.202. The third-order valence-corrected chi connectivity index (χ3v) is 2.57. The highest BCUT2D eigenvalue weighted by Crippen LogP contribution is 2.16. The predicted octanol–water partition coefficient (Wildman–Crippen LogP) is 2.41. The molecule has 0 saturated carbocycles. The SMILES string of the molecule is CCC(C)(N)C(=O)Nc1cccc(Cl)c1. The molecule has 0 fully saturated rings. The maximum Gasteiger partial charge on any atom is 0.244 e. The van der Waals surface area contributed by atoms with Crippen LogP contribution in [-0.2, 0) is 4.79 Å². The van der Waals surface area contributed by atoms with Crippen molar-refractivity contribution < 1.29 is 4.79 Å². The van der Waals surface area contributed by atoms with Crippen LogP contribution in [-0.4, -0.2) is 11.4 Å². The number of carbonyl (C=O) groups is 1. The summed E-state index contributed by atoms with van der Waals surface area (Å²) in [5.74, 6) is -0.202. The third kappa shape index (κ3) is 3.22. The number of halogens is 1. The van der Waals surface area contributed by atoms with Gasteiger partial charge in [-0.2, -0.15) is 0 Å². The van der Waals surface area contributed by atoms with Crippen molar-refractivity contribution in [3.63, 3.8) is 0 Å². The van der Waals surface area contributed by atoms with Crippen molar-refractivity contribution in [1.82, 2.24) is 0 Å². The van der Waals surface area contributed by atoms with Crippen LogP contribution in [0.5, 0.6) is 0 Å². The van der Waals surface area contributed by atoms with Crippen LogP contribution in [0.3, 0.4) is 0 Å². The van der Waals surface area contributed by atoms with Gasteiger partial charge < -0.3 is 11.1 Å². The molecular weight excluding hydrogens is 212 g/mol. The molecule has 1 aromatic rings. The molecule has 0 aromatic heterocycles. The van der Waals surface area contributed by atoms with Gasteiger partial charge in [0.05, 0.1) is 5.54 Å². The molecule has 1 amide bonds. The summed E-state index contributed by atoms with van der Waals surface area (Å²) in [6.45, 7) is 3.57. The Morgan fingerprint density at radius 1 is 1.60 bits per heavy atom. The van der Waals surface area contributed by atoms with Gasteiger partial charge in [0.25, 0.3) is 0 Å². The van der Waals surface area contributed by atoms with Crippen LogP contribution in [0.2, 0.25) is 5.02 Å². The van der Waals surface area contributed by atoms with Crippen LogP contribution in [0.15, 0.2) is 24.3 Å². The molecule has 0 saturated heterocycles. The second-order valence-electron chi connectivity index (χ2n) is 3.74. The van der Waals surface area contributed by atoms with E-state index in [2.05, 4.69) is 5.32 Å². The zero-order chi connectivity index (χ0) is 11.5. The lowest BCUT2D eigenvalue weighted by molar-refractivity contribution is -0.120. The number of nitrogens with two attached hydrogens (primary N) is 1. The van der Waals surface area contributed by atoms with Gasteiger partial charge in [-0.1, -0.05) is 24.6 Å². The Morgan fingerprint density at radius 2 is 2.27 bits per heavy atom. The average Bonchev–Trinajstić information content (AvgIpc) is 2.17. The molecule has 15 heavy (non-hydrogen) atoms. The largest absolute Gasteiger partial charge is 0.324 e. The molecule has 4 heteroatoms. The molecule has 0 radical (unpaired) electrons. The summed E-state index contributed by atoms with van der Waals surface area (Å²) in [6.07, 6.45) is 0.583. The molecule has 82 valence electrons. The second kappa shape index (κ2) is 4.64. The first-order valence-corrected chi connectivity index (χ1v) is 5.19. The lowest BCUT2D eigenvalue weighted by Crippen LogP contribution is -2.47. The molecule has 0 aliphatic carbocycles. The number of hydrogen-bond donors (Lipinski definition) is 2. The van der Waals surface area contributed by atoms with Crippen LogP contribution < -0.4 is 11.1 Å². The van der Waals surface area contributed by atoms with Crippen molar-refractivity contribution in [3.05, 3.63) is 29.3 Å². The van der Waals surface area contributed by atoms with E-state index in [1.54, 1.807) is 31.2 Å². The van der Waals surface area contributed by atoms with Crippen molar-refractivity contribution in [2.45, 2.75) is 25.8 Å². The Hall–Kier alpha value is -1.06. The molecular formula is C11H15ClN2O. The molecule has 0 heterocycles. The summed E-state index contributed by atoms with van der Waals surface area (Å²) in [4.78, 5) is 11.7. The Labute approximate surface area is 94.6 Å². The van der Waals surface area contributed by atoms with Crippen LogP contribution in [0.4, 0.5) is 5.69 Å². The first-order valence-electron chi connectivity index (χ1n) is 4.81. The molecule has 0 spiro atoms. The third-order valence-electron chi connectivity index (χ3n) is 2.34. The standard InChI is InChI=1S/C11H15ClN2O/c1-3-11(2,13)10(15)14-9-6-4-5-8(12)7-9/h4-7H,3,13H2,1-2H3,(H,14,15). The fourth-order valence-electron chi connectivity index (χ4n) is 1.00. The van der Waals surface area contributed by atoms with E-state index >= 15 is 0 Å². The number of nitrogens with one attached hydrogen (secondary N) is 1. The lowest BCUT2D eigenvalue weighted by Gasteiger charge is -2.21. The summed E-state index contributed by atoms with van der Waals surface area (Å²) < 4.78 is 0. The van der Waals surface area contributed by atoms with E-state index in [1.807, 2.05) is 6.92 Å². The highest BCUT2D eigenvalue weighted by Gasteiger charge is 2.25. The Bertz CT molecular complexity index is 363. The van der Waals surface area contributed by atoms with Crippen molar-refractivity contribution in [1.29, 1.82) is 0 Å². The average molecular weight is 227 g/mol. The Balaban J connectivity index is 2.75. The zero-order valence-electron chi connectivity index (χ0n) is 8.88. The molecule has 1 rings (SSSR count). The summed E-state index contributed by atoms with van der Waals surface area (Å²) in [5, 5.41) is 3.31. The molecule has 1 atom stereocenters. The van der Waals surface area contributed by atoms with Gasteiger partial charge in [-0.25, -0.2) is 0 Å². The van der Waals surface area contributed by atoms with Gasteiger partial charge in [0, 0.05) is 10.7 Å². The van der Waals surface area contributed by atoms with Gasteiger partial charge >= 0.3 is 0 Å². The van der Waals surface area contributed by atoms with Gasteiger partial charge in [0.15, 0.2) is 0 Å². The topological polar surface area (TPSA) is 55.1 Å². The predicted molar refractivity (Wildman–Crippen MR) is 63.0 cm³/mol. The van der Waals surface area contributed by atoms with Gasteiger partial charge in [-0.05, 0) is 31.5 Å². The highest BCUT2D eigenvalue weighted by molar-refractivity contribution is 6.30. The quantitative estimate of drug-likeness (QED) is 0.832. The lowest BCUT2D eigenvalue weighted by atomic mass is 9.99. The van der Waals surface area contributed by atoms with Crippen molar-refractivity contribution in [2.75, 3.05) is 5.32 Å². The van der Waals surface area contributed by atoms with Crippen molar-refractivity contribution >= 4 is 23.2 Å². The number of carbonyl (C=O) groups excluding carboxylic acids is 1. The molecule has 1 unspecified atom stereocenters. The van der Waals surface area contributed by atoms with E-state index in [0.717, 1.165) is 0 Å². The van der Waals surface area contributed by atoms with E-state index in [9.17, 15) is 4.79 Å². The molecule has 0 aliphatic heterocycles. The number of anilines is 1. The van der Waals surface area contributed by atoms with Crippen LogP contribution in [0.1, 0.15) is 20.3 Å². The first-order chi connectivity index (χ1) is 6.95. The summed E-state index contributed by atoms with van der Waals surface area (Å²) in [6, 6.07) is 6.98. The fourth-order valence-corrected chi connectivity index (χ4v) is 1.19. The summed E-state index contributed by atoms with van der Waals surface area (Å²) in [5.41, 5.74) is 5.62. The molecule has 0 aliphatic rings. The van der Waals surface area contributed by atoms with E-state index in [4.69, 9.17) is 17.3 Å². The smallest absolute Gasteiger partial charge is 0.244 e. The maximum absolute atomic E-state index is 11.7. The van der Waals surface area contributed by atoms with Gasteiger partial charge in [-0.3, -0.25) is 4.79 Å². The van der Waals surface area contributed by atoms with E-state index in [1.165, 1.54) is 0 Å². The molecule has 3 N–H and O–H groups in total. The molecule has 3 nitrogen and oxygen atoms in total. The minimum Gasteiger partial charge on any atom is -0.324 e. The first kappa shape index (κ1) is 12.0. The van der Waals surface area contributed by atoms with Gasteiger partial charge in [0.2, 0.25) is 5.91 Å². The monoisotopic (exact) mass is 226 g/mol. The van der Waals surface area contributed by atoms with E-state index < -0.39 is 5.54 Å². The van der Waals surface area contributed by atoms with E-state index in [-0.39, 0.29) is 5.91 Å². The summed E-state index contributed by atoms with van der Waals surface area (Å²) in [7, 11) is 0. The Kier molecular flexibility index (Phi) is 3.72. The normalized spacial score (nSPS) is 14.4. The van der Waals surface area contributed by atoms with Crippen molar-refractivity contribution in [3.8, 4) is 0 Å². The Morgan fingerprint density at radius 3 is 2.80 bits per heavy atom.